The summed E-state index contributed by atoms with van der Waals surface area (Å²) in [6.07, 6.45) is 0. The second-order valence-corrected chi connectivity index (χ2v) is 3.83. The molecule has 0 aliphatic heterocycles. The zero-order valence-corrected chi connectivity index (χ0v) is 15.0. The summed E-state index contributed by atoms with van der Waals surface area (Å²) in [5.41, 5.74) is 0. The SMILES string of the molecule is Oc1cccc(Cl)c1.Oc1cccc(Cl)c1.[Cl-].[Cl-].[Zr+2]. The Morgan fingerprint density at radius 3 is 1.16 bits per heavy atom. The fourth-order valence-electron chi connectivity index (χ4n) is 0.952. The fraction of sp³-hybridized carbons (Fsp3) is 0. The van der Waals surface area contributed by atoms with Crippen LogP contribution in [0.5, 0.6) is 11.5 Å². The van der Waals surface area contributed by atoms with Crippen molar-refractivity contribution in [3.63, 3.8) is 0 Å². The van der Waals surface area contributed by atoms with Gasteiger partial charge in [-0.15, -0.1) is 0 Å². The van der Waals surface area contributed by atoms with Gasteiger partial charge in [0.2, 0.25) is 0 Å². The summed E-state index contributed by atoms with van der Waals surface area (Å²) in [6, 6.07) is 12.9. The Morgan fingerprint density at radius 1 is 0.684 bits per heavy atom. The molecule has 0 amide bonds. The maximum absolute atomic E-state index is 8.73. The van der Waals surface area contributed by atoms with Crippen molar-refractivity contribution in [3.05, 3.63) is 58.6 Å². The van der Waals surface area contributed by atoms with Crippen molar-refractivity contribution >= 4 is 23.2 Å². The van der Waals surface area contributed by atoms with Gasteiger partial charge in [-0.1, -0.05) is 35.3 Å². The number of rotatable bonds is 0. The summed E-state index contributed by atoms with van der Waals surface area (Å²) in [5.74, 6) is 0.412. The molecule has 2 nitrogen and oxygen atoms in total. The summed E-state index contributed by atoms with van der Waals surface area (Å²) in [7, 11) is 0. The van der Waals surface area contributed by atoms with E-state index in [1.165, 1.54) is 12.1 Å². The Kier molecular flexibility index (Phi) is 16.6. The van der Waals surface area contributed by atoms with Crippen molar-refractivity contribution in [1.29, 1.82) is 0 Å². The van der Waals surface area contributed by atoms with Crippen LogP contribution in [0.3, 0.4) is 0 Å². The molecule has 0 spiro atoms. The van der Waals surface area contributed by atoms with Gasteiger partial charge < -0.3 is 35.0 Å². The summed E-state index contributed by atoms with van der Waals surface area (Å²) < 4.78 is 0. The number of halogens is 4. The molecule has 2 N–H and O–H groups in total. The third-order valence-corrected chi connectivity index (χ3v) is 2.09. The van der Waals surface area contributed by atoms with Crippen molar-refractivity contribution in [2.24, 2.45) is 0 Å². The van der Waals surface area contributed by atoms with Gasteiger partial charge in [0.15, 0.2) is 0 Å². The number of phenolic OH excluding ortho intramolecular Hbond substituents is 2. The Bertz CT molecular complexity index is 391. The molecule has 19 heavy (non-hydrogen) atoms. The summed E-state index contributed by atoms with van der Waals surface area (Å²) in [6.45, 7) is 0. The minimum atomic E-state index is 0. The molecule has 2 aromatic carbocycles. The Balaban J connectivity index is -0.000000233. The number of phenols is 2. The predicted octanol–water partition coefficient (Wildman–Crippen LogP) is -1.90. The molecule has 102 valence electrons. The van der Waals surface area contributed by atoms with Crippen LogP contribution in [-0.4, -0.2) is 10.2 Å². The average Bonchev–Trinajstić information content (AvgIpc) is 2.17. The Hall–Kier alpha value is 0.0831. The molecule has 0 radical (unpaired) electrons. The molecular formula is C12H10Cl4O2Zr. The molecule has 0 aromatic heterocycles. The molecule has 0 bridgehead atoms. The fourth-order valence-corrected chi connectivity index (χ4v) is 1.32. The van der Waals surface area contributed by atoms with Gasteiger partial charge in [0.25, 0.3) is 0 Å². The van der Waals surface area contributed by atoms with Gasteiger partial charge in [0, 0.05) is 10.0 Å². The van der Waals surface area contributed by atoms with Crippen LogP contribution in [0, 0.1) is 0 Å². The molecule has 2 aromatic rings. The van der Waals surface area contributed by atoms with Crippen LogP contribution < -0.4 is 24.8 Å². The predicted molar refractivity (Wildman–Crippen MR) is 66.2 cm³/mol. The van der Waals surface area contributed by atoms with E-state index in [9.17, 15) is 0 Å². The van der Waals surface area contributed by atoms with Crippen molar-refractivity contribution in [1.82, 2.24) is 0 Å². The van der Waals surface area contributed by atoms with Gasteiger partial charge in [-0.25, -0.2) is 0 Å². The molecule has 7 heteroatoms. The average molecular weight is 419 g/mol. The van der Waals surface area contributed by atoms with E-state index in [1.54, 1.807) is 36.4 Å². The second-order valence-electron chi connectivity index (χ2n) is 2.96. The van der Waals surface area contributed by atoms with Crippen LogP contribution in [0.15, 0.2) is 48.5 Å². The van der Waals surface area contributed by atoms with E-state index < -0.39 is 0 Å². The molecule has 0 aliphatic rings. The van der Waals surface area contributed by atoms with Gasteiger partial charge in [-0.2, -0.15) is 0 Å². The molecule has 0 unspecified atom stereocenters. The molecule has 0 aliphatic carbocycles. The third kappa shape index (κ3) is 11.6. The van der Waals surface area contributed by atoms with Crippen LogP contribution in [0.1, 0.15) is 0 Å². The van der Waals surface area contributed by atoms with Gasteiger partial charge in [-0.3, -0.25) is 0 Å². The van der Waals surface area contributed by atoms with Crippen LogP contribution in [0.2, 0.25) is 10.0 Å². The van der Waals surface area contributed by atoms with Crippen LogP contribution in [-0.2, 0) is 26.2 Å². The first kappa shape index (κ1) is 24.1. The van der Waals surface area contributed by atoms with Gasteiger partial charge >= 0.3 is 26.2 Å². The maximum atomic E-state index is 8.73. The molecule has 0 atom stereocenters. The largest absolute Gasteiger partial charge is 2.00 e. The smallest absolute Gasteiger partial charge is 1.00 e. The summed E-state index contributed by atoms with van der Waals surface area (Å²) in [5, 5.41) is 18.6. The number of hydrogen-bond donors (Lipinski definition) is 2. The monoisotopic (exact) mass is 416 g/mol. The first-order valence-corrected chi connectivity index (χ1v) is 5.22. The summed E-state index contributed by atoms with van der Waals surface area (Å²) in [4.78, 5) is 0. The molecule has 0 saturated heterocycles. The van der Waals surface area contributed by atoms with E-state index in [0.717, 1.165) is 0 Å². The van der Waals surface area contributed by atoms with Crippen molar-refractivity contribution in [2.75, 3.05) is 0 Å². The third-order valence-electron chi connectivity index (χ3n) is 1.62. The number of benzene rings is 2. The minimum Gasteiger partial charge on any atom is -1.00 e. The van der Waals surface area contributed by atoms with Gasteiger partial charge in [-0.05, 0) is 36.4 Å². The normalized spacial score (nSPS) is 7.68. The Labute approximate surface area is 153 Å². The molecule has 0 fully saturated rings. The van der Waals surface area contributed by atoms with E-state index in [0.29, 0.717) is 10.0 Å². The molecule has 0 heterocycles. The topological polar surface area (TPSA) is 40.5 Å². The minimum absolute atomic E-state index is 0. The van der Waals surface area contributed by atoms with Gasteiger partial charge in [0.05, 0.1) is 0 Å². The molecule has 0 saturated carbocycles. The molecular weight excluding hydrogens is 409 g/mol. The van der Waals surface area contributed by atoms with Crippen molar-refractivity contribution < 1.29 is 61.2 Å². The first-order chi connectivity index (χ1) is 7.58. The van der Waals surface area contributed by atoms with E-state index in [-0.39, 0.29) is 62.5 Å². The van der Waals surface area contributed by atoms with Crippen molar-refractivity contribution in [3.8, 4) is 11.5 Å². The summed E-state index contributed by atoms with van der Waals surface area (Å²) >= 11 is 11.0. The van der Waals surface area contributed by atoms with E-state index in [1.807, 2.05) is 0 Å². The zero-order chi connectivity index (χ0) is 12.0. The quantitative estimate of drug-likeness (QED) is 0.524. The van der Waals surface area contributed by atoms with E-state index in [2.05, 4.69) is 0 Å². The maximum Gasteiger partial charge on any atom is 2.00 e. The molecule has 2 rings (SSSR count). The van der Waals surface area contributed by atoms with E-state index >= 15 is 0 Å². The zero-order valence-electron chi connectivity index (χ0n) is 9.53. The van der Waals surface area contributed by atoms with E-state index in [4.69, 9.17) is 33.4 Å². The van der Waals surface area contributed by atoms with Crippen LogP contribution >= 0.6 is 23.2 Å². The Morgan fingerprint density at radius 2 is 1.00 bits per heavy atom. The van der Waals surface area contributed by atoms with Crippen LogP contribution in [0.4, 0.5) is 0 Å². The number of hydrogen-bond acceptors (Lipinski definition) is 2. The van der Waals surface area contributed by atoms with Gasteiger partial charge in [0.1, 0.15) is 11.5 Å². The van der Waals surface area contributed by atoms with Crippen molar-refractivity contribution in [2.45, 2.75) is 0 Å². The number of aromatic hydroxyl groups is 2. The van der Waals surface area contributed by atoms with Crippen LogP contribution in [0.25, 0.3) is 0 Å². The standard InChI is InChI=1S/2C6H5ClO.2ClH.Zr/c2*7-5-2-1-3-6(8)4-5;;;/h2*1-4,8H;2*1H;/q;;;;+2/p-2. The first-order valence-electron chi connectivity index (χ1n) is 4.47. The second kappa shape index (κ2) is 13.1.